The molecule has 0 amide bonds. The monoisotopic (exact) mass is 442 g/mol. The van der Waals surface area contributed by atoms with Crippen LogP contribution in [-0.2, 0) is 17.1 Å². The molecule has 31 heavy (non-hydrogen) atoms. The van der Waals surface area contributed by atoms with Gasteiger partial charge < -0.3 is 9.47 Å². The number of aromatic nitrogens is 4. The maximum Gasteiger partial charge on any atom is 0.330 e. The fraction of sp³-hybridized carbons (Fsp3) is 0.429. The number of nitrogens with zero attached hydrogens (tertiary/aromatic N) is 3. The van der Waals surface area contributed by atoms with Gasteiger partial charge in [-0.3, -0.25) is 14.3 Å². The predicted molar refractivity (Wildman–Crippen MR) is 111 cm³/mol. The molecule has 8 nitrogen and oxygen atoms in total. The van der Waals surface area contributed by atoms with E-state index in [2.05, 4.69) is 15.0 Å². The van der Waals surface area contributed by atoms with Crippen molar-refractivity contribution in [3.05, 3.63) is 55.7 Å². The van der Waals surface area contributed by atoms with Crippen LogP contribution in [0.3, 0.4) is 0 Å². The number of halogens is 1. The van der Waals surface area contributed by atoms with Gasteiger partial charge in [-0.25, -0.2) is 19.2 Å². The highest BCUT2D eigenvalue weighted by Gasteiger charge is 2.32. The summed E-state index contributed by atoms with van der Waals surface area (Å²) >= 11 is 1.33. The van der Waals surface area contributed by atoms with E-state index < -0.39 is 11.2 Å². The smallest absolute Gasteiger partial charge is 0.330 e. The molecule has 2 aromatic heterocycles. The van der Waals surface area contributed by atoms with E-state index in [9.17, 15) is 14.0 Å². The van der Waals surface area contributed by atoms with Crippen LogP contribution < -0.4 is 16.0 Å². The molecule has 0 saturated heterocycles. The Morgan fingerprint density at radius 2 is 2.03 bits per heavy atom. The quantitative estimate of drug-likeness (QED) is 0.479. The third kappa shape index (κ3) is 3.43. The molecular formula is C21H19FN4O4S. The van der Waals surface area contributed by atoms with Gasteiger partial charge in [0.2, 0.25) is 0 Å². The van der Waals surface area contributed by atoms with Crippen LogP contribution in [0, 0.1) is 5.82 Å². The van der Waals surface area contributed by atoms with Crippen molar-refractivity contribution in [2.75, 3.05) is 6.79 Å². The van der Waals surface area contributed by atoms with Crippen LogP contribution in [0.2, 0.25) is 0 Å². The van der Waals surface area contributed by atoms with Crippen LogP contribution in [0.25, 0.3) is 11.0 Å². The van der Waals surface area contributed by atoms with E-state index in [1.165, 1.54) is 23.9 Å². The SMILES string of the molecule is O=c1[nH]c(=O)n(C2CC2)c2nc(C3CC3)nc(SCc3cc(F)cc4c3OCOC4)c12. The molecule has 6 rings (SSSR count). The molecule has 2 aliphatic carbocycles. The molecule has 1 aromatic carbocycles. The maximum absolute atomic E-state index is 14.1. The molecule has 2 saturated carbocycles. The largest absolute Gasteiger partial charge is 0.467 e. The summed E-state index contributed by atoms with van der Waals surface area (Å²) in [5.41, 5.74) is 0.821. The first-order valence-electron chi connectivity index (χ1n) is 10.3. The van der Waals surface area contributed by atoms with Gasteiger partial charge in [0.25, 0.3) is 5.56 Å². The van der Waals surface area contributed by atoms with Gasteiger partial charge >= 0.3 is 5.69 Å². The van der Waals surface area contributed by atoms with Crippen LogP contribution >= 0.6 is 11.8 Å². The zero-order valence-corrected chi connectivity index (χ0v) is 17.3. The summed E-state index contributed by atoms with van der Waals surface area (Å²) in [6.07, 6.45) is 3.78. The van der Waals surface area contributed by atoms with Gasteiger partial charge in [0, 0.05) is 28.8 Å². The second-order valence-corrected chi connectivity index (χ2v) is 9.14. The Morgan fingerprint density at radius 3 is 2.81 bits per heavy atom. The van der Waals surface area contributed by atoms with Gasteiger partial charge in [0.15, 0.2) is 12.4 Å². The Hall–Kier alpha value is -2.72. The number of ether oxygens (including phenoxy) is 2. The minimum Gasteiger partial charge on any atom is -0.467 e. The van der Waals surface area contributed by atoms with E-state index in [0.717, 1.165) is 25.7 Å². The lowest BCUT2D eigenvalue weighted by atomic mass is 10.1. The van der Waals surface area contributed by atoms with Crippen molar-refractivity contribution >= 4 is 22.8 Å². The number of hydrogen-bond acceptors (Lipinski definition) is 7. The molecule has 0 spiro atoms. The second-order valence-electron chi connectivity index (χ2n) is 8.17. The molecule has 1 N–H and O–H groups in total. The molecule has 0 radical (unpaired) electrons. The molecule has 1 aliphatic heterocycles. The van der Waals surface area contributed by atoms with E-state index in [4.69, 9.17) is 9.47 Å². The lowest BCUT2D eigenvalue weighted by molar-refractivity contribution is -0.0171. The van der Waals surface area contributed by atoms with Gasteiger partial charge in [-0.15, -0.1) is 11.8 Å². The Labute approximate surface area is 179 Å². The van der Waals surface area contributed by atoms with Gasteiger partial charge in [0.05, 0.1) is 6.61 Å². The van der Waals surface area contributed by atoms with Crippen LogP contribution in [0.4, 0.5) is 4.39 Å². The number of hydrogen-bond donors (Lipinski definition) is 1. The molecule has 3 heterocycles. The summed E-state index contributed by atoms with van der Waals surface area (Å²) in [7, 11) is 0. The first-order valence-corrected chi connectivity index (χ1v) is 11.3. The first kappa shape index (κ1) is 19.0. The van der Waals surface area contributed by atoms with Crippen LogP contribution in [-0.4, -0.2) is 26.3 Å². The Morgan fingerprint density at radius 1 is 1.19 bits per heavy atom. The van der Waals surface area contributed by atoms with Crippen LogP contribution in [0.15, 0.2) is 26.7 Å². The van der Waals surface area contributed by atoms with Crippen molar-refractivity contribution in [1.29, 1.82) is 0 Å². The Kier molecular flexibility index (Phi) is 4.39. The van der Waals surface area contributed by atoms with Crippen LogP contribution in [0.1, 0.15) is 54.6 Å². The molecule has 3 aliphatic rings. The third-order valence-electron chi connectivity index (χ3n) is 5.74. The van der Waals surface area contributed by atoms with Gasteiger partial charge in [0.1, 0.15) is 27.8 Å². The van der Waals surface area contributed by atoms with Gasteiger partial charge in [-0.1, -0.05) is 0 Å². The summed E-state index contributed by atoms with van der Waals surface area (Å²) in [6.45, 7) is 0.409. The number of rotatable bonds is 5. The van der Waals surface area contributed by atoms with Crippen molar-refractivity contribution in [1.82, 2.24) is 19.5 Å². The van der Waals surface area contributed by atoms with Crippen molar-refractivity contribution < 1.29 is 13.9 Å². The minimum atomic E-state index is -0.493. The first-order chi connectivity index (χ1) is 15.1. The predicted octanol–water partition coefficient (Wildman–Crippen LogP) is 2.99. The van der Waals surface area contributed by atoms with Crippen LogP contribution in [0.5, 0.6) is 5.75 Å². The van der Waals surface area contributed by atoms with E-state index in [1.807, 2.05) is 0 Å². The molecule has 160 valence electrons. The molecule has 10 heteroatoms. The molecule has 0 atom stereocenters. The van der Waals surface area contributed by atoms with Crippen molar-refractivity contribution in [2.24, 2.45) is 0 Å². The normalized spacial score (nSPS) is 18.1. The van der Waals surface area contributed by atoms with Crippen molar-refractivity contribution in [2.45, 2.75) is 55.0 Å². The zero-order chi connectivity index (χ0) is 21.1. The molecule has 3 aromatic rings. The average molecular weight is 442 g/mol. The van der Waals surface area contributed by atoms with E-state index in [-0.39, 0.29) is 24.6 Å². The fourth-order valence-electron chi connectivity index (χ4n) is 3.94. The summed E-state index contributed by atoms with van der Waals surface area (Å²) in [5.74, 6) is 1.53. The highest BCUT2D eigenvalue weighted by atomic mass is 32.2. The average Bonchev–Trinajstić information content (AvgIpc) is 3.64. The number of aromatic amines is 1. The molecule has 0 bridgehead atoms. The number of fused-ring (bicyclic) bond motifs is 2. The summed E-state index contributed by atoms with van der Waals surface area (Å²) in [6, 6.07) is 2.91. The number of benzene rings is 1. The van der Waals surface area contributed by atoms with E-state index in [0.29, 0.717) is 51.1 Å². The molecule has 2 fully saturated rings. The van der Waals surface area contributed by atoms with E-state index >= 15 is 0 Å². The zero-order valence-electron chi connectivity index (χ0n) is 16.5. The summed E-state index contributed by atoms with van der Waals surface area (Å²) in [4.78, 5) is 37.0. The maximum atomic E-state index is 14.1. The number of H-pyrrole nitrogens is 1. The Balaban J connectivity index is 1.46. The van der Waals surface area contributed by atoms with Gasteiger partial charge in [-0.05, 0) is 37.8 Å². The standard InChI is InChI=1S/C21H19FN4O4S/c22-13-5-11-7-29-9-30-16(11)12(6-13)8-31-20-15-18(23-17(24-20)10-1-2-10)26(14-3-4-14)21(28)25-19(15)27/h5-6,10,14H,1-4,7-9H2,(H,25,27,28). The highest BCUT2D eigenvalue weighted by molar-refractivity contribution is 7.98. The topological polar surface area (TPSA) is 99.1 Å². The third-order valence-corrected chi connectivity index (χ3v) is 6.76. The fourth-order valence-corrected chi connectivity index (χ4v) is 4.94. The number of nitrogens with one attached hydrogen (secondary N) is 1. The summed E-state index contributed by atoms with van der Waals surface area (Å²) < 4.78 is 26.6. The van der Waals surface area contributed by atoms with Crippen molar-refractivity contribution in [3.8, 4) is 5.75 Å². The molecule has 0 unspecified atom stereocenters. The minimum absolute atomic E-state index is 0.0651. The Bertz CT molecular complexity index is 1330. The molecular weight excluding hydrogens is 423 g/mol. The number of thioether (sulfide) groups is 1. The highest BCUT2D eigenvalue weighted by Crippen LogP contribution is 2.41. The van der Waals surface area contributed by atoms with Gasteiger partial charge in [-0.2, -0.15) is 0 Å². The lowest BCUT2D eigenvalue weighted by Crippen LogP contribution is -2.31. The van der Waals surface area contributed by atoms with E-state index in [1.54, 1.807) is 4.57 Å². The second kappa shape index (κ2) is 7.16. The lowest BCUT2D eigenvalue weighted by Gasteiger charge is -2.20. The van der Waals surface area contributed by atoms with Crippen molar-refractivity contribution in [3.63, 3.8) is 0 Å². The summed E-state index contributed by atoms with van der Waals surface area (Å²) in [5, 5.41) is 0.822.